The van der Waals surface area contributed by atoms with Gasteiger partial charge in [-0.2, -0.15) is 0 Å². The van der Waals surface area contributed by atoms with Gasteiger partial charge >= 0.3 is 0 Å². The van der Waals surface area contributed by atoms with Gasteiger partial charge in [-0.25, -0.2) is 0 Å². The van der Waals surface area contributed by atoms with Gasteiger partial charge in [0.2, 0.25) is 5.91 Å². The molecular formula is C11H13ClN2O. The lowest BCUT2D eigenvalue weighted by Gasteiger charge is -2.07. The van der Waals surface area contributed by atoms with Crippen LogP contribution in [0, 0.1) is 5.92 Å². The first-order valence-electron chi connectivity index (χ1n) is 5.00. The molecule has 80 valence electrons. The third-order valence-corrected chi connectivity index (χ3v) is 2.77. The first-order chi connectivity index (χ1) is 7.15. The number of carbonyl (C=O) groups excluding carboxylic acids is 1. The van der Waals surface area contributed by atoms with Crippen LogP contribution in [-0.2, 0) is 4.79 Å². The summed E-state index contributed by atoms with van der Waals surface area (Å²) in [5.41, 5.74) is 6.80. The van der Waals surface area contributed by atoms with Crippen molar-refractivity contribution in [2.75, 3.05) is 11.1 Å². The average molecular weight is 225 g/mol. The molecule has 1 fully saturated rings. The smallest absolute Gasteiger partial charge is 0.224 e. The van der Waals surface area contributed by atoms with Gasteiger partial charge in [-0.15, -0.1) is 0 Å². The zero-order chi connectivity index (χ0) is 10.8. The van der Waals surface area contributed by atoms with Crippen molar-refractivity contribution in [1.29, 1.82) is 0 Å². The van der Waals surface area contributed by atoms with E-state index in [0.717, 1.165) is 12.8 Å². The molecule has 1 aromatic carbocycles. The number of benzene rings is 1. The van der Waals surface area contributed by atoms with Crippen LogP contribution >= 0.6 is 11.6 Å². The molecule has 0 bridgehead atoms. The molecule has 1 aliphatic rings. The van der Waals surface area contributed by atoms with Gasteiger partial charge in [0.25, 0.3) is 0 Å². The Labute approximate surface area is 93.6 Å². The van der Waals surface area contributed by atoms with E-state index in [-0.39, 0.29) is 5.91 Å². The number of nitrogen functional groups attached to an aromatic ring is 1. The molecule has 0 atom stereocenters. The number of halogens is 1. The lowest BCUT2D eigenvalue weighted by Crippen LogP contribution is -2.12. The molecule has 1 amide bonds. The third-order valence-electron chi connectivity index (χ3n) is 2.44. The first kappa shape index (κ1) is 10.3. The minimum atomic E-state index is 0.0185. The first-order valence-corrected chi connectivity index (χ1v) is 5.38. The molecule has 3 N–H and O–H groups in total. The van der Waals surface area contributed by atoms with Gasteiger partial charge < -0.3 is 11.1 Å². The average Bonchev–Trinajstić information content (AvgIpc) is 2.95. The number of rotatable bonds is 3. The highest BCUT2D eigenvalue weighted by molar-refractivity contribution is 6.33. The fourth-order valence-corrected chi connectivity index (χ4v) is 1.59. The molecule has 3 nitrogen and oxygen atoms in total. The predicted octanol–water partition coefficient (Wildman–Crippen LogP) is 2.66. The molecule has 0 radical (unpaired) electrons. The van der Waals surface area contributed by atoms with E-state index in [0.29, 0.717) is 28.7 Å². The molecule has 4 heteroatoms. The maximum absolute atomic E-state index is 11.5. The van der Waals surface area contributed by atoms with Gasteiger partial charge in [-0.05, 0) is 37.0 Å². The molecule has 1 saturated carbocycles. The Morgan fingerprint density at radius 1 is 1.53 bits per heavy atom. The highest BCUT2D eigenvalue weighted by Crippen LogP contribution is 2.33. The Balaban J connectivity index is 2.01. The zero-order valence-electron chi connectivity index (χ0n) is 8.29. The Morgan fingerprint density at radius 2 is 2.27 bits per heavy atom. The fourth-order valence-electron chi connectivity index (χ4n) is 1.42. The number of amides is 1. The van der Waals surface area contributed by atoms with Crippen LogP contribution in [0.4, 0.5) is 11.4 Å². The van der Waals surface area contributed by atoms with Crippen LogP contribution in [0.2, 0.25) is 5.02 Å². The number of hydrogen-bond acceptors (Lipinski definition) is 2. The van der Waals surface area contributed by atoms with Crippen LogP contribution in [0.1, 0.15) is 19.3 Å². The lowest BCUT2D eigenvalue weighted by atomic mass is 10.2. The van der Waals surface area contributed by atoms with Gasteiger partial charge in [0, 0.05) is 12.1 Å². The van der Waals surface area contributed by atoms with E-state index in [9.17, 15) is 4.79 Å². The second-order valence-corrected chi connectivity index (χ2v) is 4.34. The summed E-state index contributed by atoms with van der Waals surface area (Å²) in [6.45, 7) is 0. The van der Waals surface area contributed by atoms with Crippen LogP contribution in [0.5, 0.6) is 0 Å². The van der Waals surface area contributed by atoms with Crippen molar-refractivity contribution in [3.05, 3.63) is 23.2 Å². The van der Waals surface area contributed by atoms with Crippen molar-refractivity contribution < 1.29 is 4.79 Å². The quantitative estimate of drug-likeness (QED) is 0.776. The summed E-state index contributed by atoms with van der Waals surface area (Å²) in [5, 5.41) is 3.29. The molecule has 0 heterocycles. The number of anilines is 2. The number of carbonyl (C=O) groups is 1. The molecule has 0 aromatic heterocycles. The largest absolute Gasteiger partial charge is 0.399 e. The summed E-state index contributed by atoms with van der Waals surface area (Å²) in [5.74, 6) is 0.592. The maximum Gasteiger partial charge on any atom is 0.224 e. The van der Waals surface area contributed by atoms with Crippen LogP contribution in [0.3, 0.4) is 0 Å². The van der Waals surface area contributed by atoms with Gasteiger partial charge in [0.15, 0.2) is 0 Å². The number of nitrogens with two attached hydrogens (primary N) is 1. The predicted molar refractivity (Wildman–Crippen MR) is 61.8 cm³/mol. The fraction of sp³-hybridized carbons (Fsp3) is 0.364. The summed E-state index contributed by atoms with van der Waals surface area (Å²) in [7, 11) is 0. The van der Waals surface area contributed by atoms with Crippen molar-refractivity contribution in [1.82, 2.24) is 0 Å². The van der Waals surface area contributed by atoms with Crippen LogP contribution in [0.15, 0.2) is 18.2 Å². The molecule has 0 aliphatic heterocycles. The normalized spacial score (nSPS) is 15.0. The summed E-state index contributed by atoms with van der Waals surface area (Å²) < 4.78 is 0. The Kier molecular flexibility index (Phi) is 2.82. The number of nitrogens with one attached hydrogen (secondary N) is 1. The molecule has 15 heavy (non-hydrogen) atoms. The second-order valence-electron chi connectivity index (χ2n) is 3.93. The second kappa shape index (κ2) is 4.11. The van der Waals surface area contributed by atoms with Gasteiger partial charge in [0.05, 0.1) is 10.7 Å². The van der Waals surface area contributed by atoms with Gasteiger partial charge in [0.1, 0.15) is 0 Å². The maximum atomic E-state index is 11.5. The topological polar surface area (TPSA) is 55.1 Å². The van der Waals surface area contributed by atoms with Crippen molar-refractivity contribution in [2.45, 2.75) is 19.3 Å². The highest BCUT2D eigenvalue weighted by Gasteiger charge is 2.24. The molecule has 0 unspecified atom stereocenters. The lowest BCUT2D eigenvalue weighted by molar-refractivity contribution is -0.116. The Bertz CT molecular complexity index is 388. The standard InChI is InChI=1S/C11H13ClN2O/c12-9-4-3-8(13)6-10(9)14-11(15)5-7-1-2-7/h3-4,6-7H,1-2,5,13H2,(H,14,15). The molecule has 2 rings (SSSR count). The summed E-state index contributed by atoms with van der Waals surface area (Å²) >= 11 is 5.92. The molecular weight excluding hydrogens is 212 g/mol. The number of hydrogen-bond donors (Lipinski definition) is 2. The minimum Gasteiger partial charge on any atom is -0.399 e. The summed E-state index contributed by atoms with van der Waals surface area (Å²) in [6, 6.07) is 5.07. The van der Waals surface area contributed by atoms with Crippen LogP contribution < -0.4 is 11.1 Å². The van der Waals surface area contributed by atoms with Crippen LogP contribution in [0.25, 0.3) is 0 Å². The van der Waals surface area contributed by atoms with E-state index in [1.807, 2.05) is 0 Å². The monoisotopic (exact) mass is 224 g/mol. The van der Waals surface area contributed by atoms with Crippen molar-refractivity contribution in [2.24, 2.45) is 5.92 Å². The third kappa shape index (κ3) is 2.86. The van der Waals surface area contributed by atoms with Crippen molar-refractivity contribution in [3.63, 3.8) is 0 Å². The van der Waals surface area contributed by atoms with Crippen LogP contribution in [-0.4, -0.2) is 5.91 Å². The highest BCUT2D eigenvalue weighted by atomic mass is 35.5. The van der Waals surface area contributed by atoms with E-state index < -0.39 is 0 Å². The van der Waals surface area contributed by atoms with Gasteiger partial charge in [-0.3, -0.25) is 4.79 Å². The van der Waals surface area contributed by atoms with Gasteiger partial charge in [-0.1, -0.05) is 11.6 Å². The molecule has 1 aromatic rings. The SMILES string of the molecule is Nc1ccc(Cl)c(NC(=O)CC2CC2)c1. The molecule has 0 spiro atoms. The molecule has 0 saturated heterocycles. The van der Waals surface area contributed by atoms with E-state index in [1.54, 1.807) is 18.2 Å². The van der Waals surface area contributed by atoms with E-state index in [1.165, 1.54) is 0 Å². The molecule has 1 aliphatic carbocycles. The summed E-state index contributed by atoms with van der Waals surface area (Å²) in [6.07, 6.45) is 2.92. The zero-order valence-corrected chi connectivity index (χ0v) is 9.05. The van der Waals surface area contributed by atoms with E-state index in [2.05, 4.69) is 5.32 Å². The van der Waals surface area contributed by atoms with Crippen molar-refractivity contribution in [3.8, 4) is 0 Å². The summed E-state index contributed by atoms with van der Waals surface area (Å²) in [4.78, 5) is 11.5. The van der Waals surface area contributed by atoms with Crippen molar-refractivity contribution >= 4 is 28.9 Å². The minimum absolute atomic E-state index is 0.0185. The Morgan fingerprint density at radius 3 is 2.93 bits per heavy atom. The van der Waals surface area contributed by atoms with E-state index >= 15 is 0 Å². The Hall–Kier alpha value is -1.22. The van der Waals surface area contributed by atoms with E-state index in [4.69, 9.17) is 17.3 Å².